The molecule has 2 aromatic rings. The van der Waals surface area contributed by atoms with Gasteiger partial charge in [-0.2, -0.15) is 5.10 Å². The minimum absolute atomic E-state index is 0.399. The predicted octanol–water partition coefficient (Wildman–Crippen LogP) is 3.22. The summed E-state index contributed by atoms with van der Waals surface area (Å²) >= 11 is 2.04. The fourth-order valence-corrected chi connectivity index (χ4v) is 2.58. The van der Waals surface area contributed by atoms with Crippen molar-refractivity contribution in [3.05, 3.63) is 57.2 Å². The first-order chi connectivity index (χ1) is 12.0. The molecule has 2 aromatic carbocycles. The molecule has 130 valence electrons. The molecule has 7 nitrogen and oxygen atoms in total. The first-order valence-corrected chi connectivity index (χ1v) is 8.33. The number of aryl methyl sites for hydroxylation is 1. The number of nitrogens with one attached hydrogen (secondary N) is 2. The summed E-state index contributed by atoms with van der Waals surface area (Å²) in [5, 5.41) is 15.2. The molecule has 0 saturated heterocycles. The van der Waals surface area contributed by atoms with Crippen LogP contribution in [0.5, 0.6) is 5.75 Å². The van der Waals surface area contributed by atoms with Gasteiger partial charge in [0.1, 0.15) is 5.75 Å². The topological polar surface area (TPSA) is 100 Å². The molecular weight excluding hydrogens is 437 g/mol. The summed E-state index contributed by atoms with van der Waals surface area (Å²) in [6.07, 6.45) is 1.49. The highest BCUT2D eigenvalue weighted by atomic mass is 127. The maximum Gasteiger partial charge on any atom is 0.341 e. The Balaban J connectivity index is 1.91. The van der Waals surface area contributed by atoms with Crippen LogP contribution in [0.25, 0.3) is 0 Å². The first-order valence-electron chi connectivity index (χ1n) is 7.25. The molecule has 0 heterocycles. The monoisotopic (exact) mass is 453 g/mol. The van der Waals surface area contributed by atoms with Gasteiger partial charge in [0, 0.05) is 5.69 Å². The largest absolute Gasteiger partial charge is 0.481 e. The third kappa shape index (κ3) is 6.07. The smallest absolute Gasteiger partial charge is 0.341 e. The molecule has 0 aliphatic carbocycles. The lowest BCUT2D eigenvalue weighted by Crippen LogP contribution is -2.24. The van der Waals surface area contributed by atoms with E-state index in [0.29, 0.717) is 11.4 Å². The summed E-state index contributed by atoms with van der Waals surface area (Å²) in [5.74, 6) is -0.560. The number of ether oxygens (including phenoxy) is 1. The average Bonchev–Trinajstić information content (AvgIpc) is 2.56. The molecule has 0 radical (unpaired) electrons. The van der Waals surface area contributed by atoms with Crippen molar-refractivity contribution in [2.75, 3.05) is 11.9 Å². The van der Waals surface area contributed by atoms with Crippen molar-refractivity contribution in [1.29, 1.82) is 0 Å². The number of hydrazone groups is 1. The van der Waals surface area contributed by atoms with Crippen LogP contribution in [-0.4, -0.2) is 29.9 Å². The van der Waals surface area contributed by atoms with Gasteiger partial charge in [0.05, 0.1) is 9.78 Å². The van der Waals surface area contributed by atoms with Crippen LogP contribution in [0.15, 0.2) is 47.6 Å². The Bertz CT molecular complexity index is 808. The SMILES string of the molecule is Cc1ccccc1NC(=O)NN=Cc1ccc(OCC(=O)O)c(I)c1. The number of para-hydroxylation sites is 1. The molecule has 3 N–H and O–H groups in total. The summed E-state index contributed by atoms with van der Waals surface area (Å²) in [4.78, 5) is 22.3. The van der Waals surface area contributed by atoms with Gasteiger partial charge in [-0.15, -0.1) is 0 Å². The number of hydrogen-bond acceptors (Lipinski definition) is 4. The number of urea groups is 1. The van der Waals surface area contributed by atoms with Crippen molar-refractivity contribution in [1.82, 2.24) is 5.43 Å². The van der Waals surface area contributed by atoms with Crippen molar-refractivity contribution in [3.8, 4) is 5.75 Å². The molecule has 0 aliphatic rings. The van der Waals surface area contributed by atoms with Gasteiger partial charge in [-0.1, -0.05) is 18.2 Å². The van der Waals surface area contributed by atoms with E-state index in [2.05, 4.69) is 15.8 Å². The van der Waals surface area contributed by atoms with Crippen molar-refractivity contribution < 1.29 is 19.4 Å². The fourth-order valence-electron chi connectivity index (χ4n) is 1.88. The Morgan fingerprint density at radius 2 is 2.04 bits per heavy atom. The second-order valence-corrected chi connectivity index (χ2v) is 6.17. The van der Waals surface area contributed by atoms with E-state index in [9.17, 15) is 9.59 Å². The highest BCUT2D eigenvalue weighted by Gasteiger charge is 2.05. The molecular formula is C17H16IN3O4. The van der Waals surface area contributed by atoms with Gasteiger partial charge in [-0.3, -0.25) is 0 Å². The number of aliphatic carboxylic acids is 1. The minimum Gasteiger partial charge on any atom is -0.481 e. The van der Waals surface area contributed by atoms with Gasteiger partial charge in [0.15, 0.2) is 6.61 Å². The summed E-state index contributed by atoms with van der Waals surface area (Å²) in [6.45, 7) is 1.50. The Labute approximate surface area is 158 Å². The highest BCUT2D eigenvalue weighted by Crippen LogP contribution is 2.21. The predicted molar refractivity (Wildman–Crippen MR) is 103 cm³/mol. The van der Waals surface area contributed by atoms with Gasteiger partial charge in [0.25, 0.3) is 0 Å². The summed E-state index contributed by atoms with van der Waals surface area (Å²) in [6, 6.07) is 12.1. The van der Waals surface area contributed by atoms with Crippen LogP contribution >= 0.6 is 22.6 Å². The maximum absolute atomic E-state index is 11.8. The summed E-state index contributed by atoms with van der Waals surface area (Å²) < 4.78 is 5.88. The summed E-state index contributed by atoms with van der Waals surface area (Å²) in [7, 11) is 0. The number of nitrogens with zero attached hydrogens (tertiary/aromatic N) is 1. The van der Waals surface area contributed by atoms with Crippen LogP contribution in [0.1, 0.15) is 11.1 Å². The molecule has 0 aromatic heterocycles. The number of hydrogen-bond donors (Lipinski definition) is 3. The van der Waals surface area contributed by atoms with Gasteiger partial charge < -0.3 is 15.2 Å². The van der Waals surface area contributed by atoms with Crippen LogP contribution < -0.4 is 15.5 Å². The zero-order valence-corrected chi connectivity index (χ0v) is 15.5. The molecule has 0 fully saturated rings. The lowest BCUT2D eigenvalue weighted by Gasteiger charge is -2.07. The third-order valence-corrected chi connectivity index (χ3v) is 3.92. The van der Waals surface area contributed by atoms with Crippen molar-refractivity contribution in [3.63, 3.8) is 0 Å². The van der Waals surface area contributed by atoms with Gasteiger partial charge in [0.2, 0.25) is 0 Å². The van der Waals surface area contributed by atoms with E-state index in [0.717, 1.165) is 14.7 Å². The highest BCUT2D eigenvalue weighted by molar-refractivity contribution is 14.1. The number of benzene rings is 2. The third-order valence-electron chi connectivity index (χ3n) is 3.08. The molecule has 0 aliphatic heterocycles. The average molecular weight is 453 g/mol. The molecule has 2 amide bonds. The first kappa shape index (κ1) is 18.7. The van der Waals surface area contributed by atoms with Crippen LogP contribution in [0, 0.1) is 10.5 Å². The molecule has 0 spiro atoms. The molecule has 8 heteroatoms. The van der Waals surface area contributed by atoms with E-state index in [1.165, 1.54) is 6.21 Å². The fraction of sp³-hybridized carbons (Fsp3) is 0.118. The molecule has 0 atom stereocenters. The van der Waals surface area contributed by atoms with E-state index >= 15 is 0 Å². The van der Waals surface area contributed by atoms with Crippen LogP contribution in [0.2, 0.25) is 0 Å². The minimum atomic E-state index is -1.04. The normalized spacial score (nSPS) is 10.5. The lowest BCUT2D eigenvalue weighted by atomic mass is 10.2. The van der Waals surface area contributed by atoms with Crippen LogP contribution in [0.3, 0.4) is 0 Å². The van der Waals surface area contributed by atoms with E-state index in [-0.39, 0.29) is 0 Å². The zero-order chi connectivity index (χ0) is 18.2. The molecule has 0 bridgehead atoms. The zero-order valence-electron chi connectivity index (χ0n) is 13.3. The maximum atomic E-state index is 11.8. The second-order valence-electron chi connectivity index (χ2n) is 5.01. The van der Waals surface area contributed by atoms with E-state index in [1.54, 1.807) is 24.3 Å². The quantitative estimate of drug-likeness (QED) is 0.355. The number of amides is 2. The van der Waals surface area contributed by atoms with Crippen LogP contribution in [-0.2, 0) is 4.79 Å². The number of anilines is 1. The van der Waals surface area contributed by atoms with E-state index in [4.69, 9.17) is 9.84 Å². The standard InChI is InChI=1S/C17H16IN3O4/c1-11-4-2-3-5-14(11)20-17(24)21-19-9-12-6-7-15(13(18)8-12)25-10-16(22)23/h2-9H,10H2,1H3,(H,22,23)(H2,20,21,24). The molecule has 25 heavy (non-hydrogen) atoms. The molecule has 2 rings (SSSR count). The Morgan fingerprint density at radius 1 is 1.28 bits per heavy atom. The molecule has 0 unspecified atom stereocenters. The number of carbonyl (C=O) groups is 2. The van der Waals surface area contributed by atoms with E-state index in [1.807, 2.05) is 47.7 Å². The Kier molecular flexibility index (Phi) is 6.75. The Morgan fingerprint density at radius 3 is 2.72 bits per heavy atom. The van der Waals surface area contributed by atoms with Gasteiger partial charge >= 0.3 is 12.0 Å². The Hall–Kier alpha value is -2.62. The number of halogens is 1. The van der Waals surface area contributed by atoms with Gasteiger partial charge in [-0.05, 0) is 64.9 Å². The summed E-state index contributed by atoms with van der Waals surface area (Å²) in [5.41, 5.74) is 4.79. The number of carboxylic acid groups (broad SMARTS) is 1. The lowest BCUT2D eigenvalue weighted by molar-refractivity contribution is -0.139. The van der Waals surface area contributed by atoms with Crippen molar-refractivity contribution >= 4 is 46.5 Å². The van der Waals surface area contributed by atoms with E-state index < -0.39 is 18.6 Å². The van der Waals surface area contributed by atoms with Crippen molar-refractivity contribution in [2.45, 2.75) is 6.92 Å². The number of carboxylic acids is 1. The van der Waals surface area contributed by atoms with Crippen LogP contribution in [0.4, 0.5) is 10.5 Å². The molecule has 0 saturated carbocycles. The number of rotatable bonds is 6. The van der Waals surface area contributed by atoms with Gasteiger partial charge in [-0.25, -0.2) is 15.0 Å². The second kappa shape index (κ2) is 9.02. The van der Waals surface area contributed by atoms with Crippen molar-refractivity contribution in [2.24, 2.45) is 5.10 Å². The number of carbonyl (C=O) groups excluding carboxylic acids is 1.